The summed E-state index contributed by atoms with van der Waals surface area (Å²) in [6.45, 7) is 0.748. The van der Waals surface area contributed by atoms with Gasteiger partial charge in [-0.3, -0.25) is 14.9 Å². The highest BCUT2D eigenvalue weighted by Crippen LogP contribution is 2.24. The van der Waals surface area contributed by atoms with E-state index < -0.39 is 0 Å². The van der Waals surface area contributed by atoms with E-state index in [1.807, 2.05) is 0 Å². The Balaban J connectivity index is 1.91. The zero-order chi connectivity index (χ0) is 7.84. The number of hydrogen-bond donors (Lipinski definition) is 1. The first-order valence-corrected chi connectivity index (χ1v) is 3.71. The highest BCUT2D eigenvalue weighted by atomic mass is 16.6. The third-order valence-electron chi connectivity index (χ3n) is 2.01. The number of hydrogen-bond acceptors (Lipinski definition) is 3. The molecule has 1 N–H and O–H groups in total. The van der Waals surface area contributed by atoms with E-state index in [1.165, 1.54) is 0 Å². The van der Waals surface area contributed by atoms with Crippen molar-refractivity contribution in [2.24, 2.45) is 5.92 Å². The average molecular weight is 155 g/mol. The van der Waals surface area contributed by atoms with Crippen LogP contribution in [0.5, 0.6) is 0 Å². The van der Waals surface area contributed by atoms with Crippen LogP contribution in [0.4, 0.5) is 0 Å². The molecule has 2 aliphatic rings. The first kappa shape index (κ1) is 6.79. The lowest BCUT2D eigenvalue weighted by Crippen LogP contribution is -2.22. The molecule has 0 bridgehead atoms. The molecule has 0 aromatic rings. The fourth-order valence-corrected chi connectivity index (χ4v) is 1.32. The standard InChI is InChI=1S/C7H9NO3/c9-6-2-4(7(10)8-6)1-5-3-11-5/h4-5H,1-3H2,(H,8,9,10). The molecule has 0 aliphatic carbocycles. The van der Waals surface area contributed by atoms with Gasteiger partial charge < -0.3 is 4.74 Å². The van der Waals surface area contributed by atoms with Crippen LogP contribution in [0.3, 0.4) is 0 Å². The molecule has 4 heteroatoms. The maximum atomic E-state index is 11.0. The lowest BCUT2D eigenvalue weighted by atomic mass is 10.0. The van der Waals surface area contributed by atoms with E-state index in [1.54, 1.807) is 0 Å². The van der Waals surface area contributed by atoms with Crippen LogP contribution in [0.1, 0.15) is 12.8 Å². The van der Waals surface area contributed by atoms with Crippen LogP contribution < -0.4 is 5.32 Å². The van der Waals surface area contributed by atoms with Gasteiger partial charge in [-0.15, -0.1) is 0 Å². The molecular formula is C7H9NO3. The number of nitrogens with one attached hydrogen (secondary N) is 1. The Kier molecular flexibility index (Phi) is 1.42. The van der Waals surface area contributed by atoms with Crippen LogP contribution in [-0.2, 0) is 14.3 Å². The van der Waals surface area contributed by atoms with Crippen molar-refractivity contribution in [2.75, 3.05) is 6.61 Å². The third-order valence-corrected chi connectivity index (χ3v) is 2.01. The molecule has 60 valence electrons. The van der Waals surface area contributed by atoms with Crippen LogP contribution in [0.2, 0.25) is 0 Å². The topological polar surface area (TPSA) is 58.7 Å². The number of epoxide rings is 1. The summed E-state index contributed by atoms with van der Waals surface area (Å²) in [6, 6.07) is 0. The number of carbonyl (C=O) groups is 2. The number of imide groups is 1. The second kappa shape index (κ2) is 2.30. The fourth-order valence-electron chi connectivity index (χ4n) is 1.32. The maximum Gasteiger partial charge on any atom is 0.230 e. The van der Waals surface area contributed by atoms with Crippen molar-refractivity contribution in [1.82, 2.24) is 5.32 Å². The minimum absolute atomic E-state index is 0.130. The molecule has 0 saturated carbocycles. The molecule has 2 rings (SSSR count). The van der Waals surface area contributed by atoms with Crippen LogP contribution in [-0.4, -0.2) is 24.5 Å². The summed E-state index contributed by atoms with van der Waals surface area (Å²) in [5, 5.41) is 2.27. The minimum atomic E-state index is -0.152. The van der Waals surface area contributed by atoms with E-state index in [-0.39, 0.29) is 23.8 Å². The van der Waals surface area contributed by atoms with Crippen LogP contribution in [0.25, 0.3) is 0 Å². The highest BCUT2D eigenvalue weighted by molar-refractivity contribution is 6.03. The van der Waals surface area contributed by atoms with Crippen molar-refractivity contribution in [1.29, 1.82) is 0 Å². The first-order chi connectivity index (χ1) is 5.25. The minimum Gasteiger partial charge on any atom is -0.373 e. The van der Waals surface area contributed by atoms with E-state index >= 15 is 0 Å². The van der Waals surface area contributed by atoms with Gasteiger partial charge in [0.05, 0.1) is 12.7 Å². The lowest BCUT2D eigenvalue weighted by molar-refractivity contribution is -0.125. The summed E-state index contributed by atoms with van der Waals surface area (Å²) < 4.78 is 4.96. The van der Waals surface area contributed by atoms with Gasteiger partial charge in [0.2, 0.25) is 11.8 Å². The summed E-state index contributed by atoms with van der Waals surface area (Å²) in [6.07, 6.45) is 1.28. The molecule has 0 aromatic heterocycles. The Morgan fingerprint density at radius 2 is 2.27 bits per heavy atom. The number of amides is 2. The molecule has 0 aromatic carbocycles. The molecule has 2 fully saturated rings. The van der Waals surface area contributed by atoms with Crippen LogP contribution in [0.15, 0.2) is 0 Å². The summed E-state index contributed by atoms with van der Waals surface area (Å²) >= 11 is 0. The van der Waals surface area contributed by atoms with Gasteiger partial charge in [0.25, 0.3) is 0 Å². The number of carbonyl (C=O) groups excluding carboxylic acids is 2. The normalized spacial score (nSPS) is 35.6. The smallest absolute Gasteiger partial charge is 0.230 e. The Hall–Kier alpha value is -0.900. The predicted octanol–water partition coefficient (Wildman–Crippen LogP) is -0.562. The maximum absolute atomic E-state index is 11.0. The van der Waals surface area contributed by atoms with Gasteiger partial charge in [0.1, 0.15) is 0 Å². The Bertz CT molecular complexity index is 210. The van der Waals surface area contributed by atoms with Crippen molar-refractivity contribution in [3.8, 4) is 0 Å². The quantitative estimate of drug-likeness (QED) is 0.429. The second-order valence-corrected chi connectivity index (χ2v) is 3.00. The predicted molar refractivity (Wildman–Crippen MR) is 35.6 cm³/mol. The first-order valence-electron chi connectivity index (χ1n) is 3.71. The molecule has 2 amide bonds. The number of ether oxygens (including phenoxy) is 1. The molecule has 2 atom stereocenters. The van der Waals surface area contributed by atoms with E-state index in [2.05, 4.69) is 5.32 Å². The van der Waals surface area contributed by atoms with Gasteiger partial charge in [-0.2, -0.15) is 0 Å². The molecule has 2 heterocycles. The number of rotatable bonds is 2. The summed E-state index contributed by atoms with van der Waals surface area (Å²) in [7, 11) is 0. The Labute approximate surface area is 63.9 Å². The van der Waals surface area contributed by atoms with Crippen molar-refractivity contribution in [3.05, 3.63) is 0 Å². The van der Waals surface area contributed by atoms with E-state index in [9.17, 15) is 9.59 Å². The van der Waals surface area contributed by atoms with E-state index in [0.717, 1.165) is 6.61 Å². The molecule has 0 radical (unpaired) electrons. The summed E-state index contributed by atoms with van der Waals surface area (Å²) in [5.41, 5.74) is 0. The van der Waals surface area contributed by atoms with Crippen molar-refractivity contribution in [3.63, 3.8) is 0 Å². The van der Waals surface area contributed by atoms with Crippen molar-refractivity contribution < 1.29 is 14.3 Å². The molecule has 0 spiro atoms. The molecule has 11 heavy (non-hydrogen) atoms. The third kappa shape index (κ3) is 1.40. The molecule has 2 aliphatic heterocycles. The van der Waals surface area contributed by atoms with Gasteiger partial charge in [0.15, 0.2) is 0 Å². The van der Waals surface area contributed by atoms with Crippen molar-refractivity contribution in [2.45, 2.75) is 18.9 Å². The largest absolute Gasteiger partial charge is 0.373 e. The molecule has 2 saturated heterocycles. The summed E-state index contributed by atoms with van der Waals surface area (Å²) in [5.74, 6) is -0.416. The highest BCUT2D eigenvalue weighted by Gasteiger charge is 2.36. The average Bonchev–Trinajstić information content (AvgIpc) is 2.64. The Morgan fingerprint density at radius 1 is 1.55 bits per heavy atom. The monoisotopic (exact) mass is 155 g/mol. The second-order valence-electron chi connectivity index (χ2n) is 3.00. The van der Waals surface area contributed by atoms with Crippen molar-refractivity contribution >= 4 is 11.8 Å². The SMILES string of the molecule is O=C1CC(CC2CO2)C(=O)N1. The van der Waals surface area contributed by atoms with Gasteiger partial charge in [-0.1, -0.05) is 0 Å². The van der Waals surface area contributed by atoms with Gasteiger partial charge >= 0.3 is 0 Å². The zero-order valence-corrected chi connectivity index (χ0v) is 6.00. The van der Waals surface area contributed by atoms with Crippen LogP contribution in [0, 0.1) is 5.92 Å². The van der Waals surface area contributed by atoms with Gasteiger partial charge in [-0.05, 0) is 6.42 Å². The van der Waals surface area contributed by atoms with Gasteiger partial charge in [-0.25, -0.2) is 0 Å². The Morgan fingerprint density at radius 3 is 2.73 bits per heavy atom. The fraction of sp³-hybridized carbons (Fsp3) is 0.714. The molecule has 4 nitrogen and oxygen atoms in total. The summed E-state index contributed by atoms with van der Waals surface area (Å²) in [4.78, 5) is 21.7. The van der Waals surface area contributed by atoms with Gasteiger partial charge in [0, 0.05) is 12.3 Å². The van der Waals surface area contributed by atoms with E-state index in [0.29, 0.717) is 12.8 Å². The lowest BCUT2D eigenvalue weighted by Gasteiger charge is -1.99. The molecule has 2 unspecified atom stereocenters. The molecular weight excluding hydrogens is 146 g/mol. The van der Waals surface area contributed by atoms with Crippen LogP contribution >= 0.6 is 0 Å². The zero-order valence-electron chi connectivity index (χ0n) is 6.00. The van der Waals surface area contributed by atoms with E-state index in [4.69, 9.17) is 4.74 Å².